The van der Waals surface area contributed by atoms with Gasteiger partial charge in [-0.25, -0.2) is 0 Å². The summed E-state index contributed by atoms with van der Waals surface area (Å²) in [5.41, 5.74) is 8.88. The van der Waals surface area contributed by atoms with Crippen LogP contribution in [0.1, 0.15) is 21.6 Å². The highest BCUT2D eigenvalue weighted by molar-refractivity contribution is 6.38. The monoisotopic (exact) mass is 416 g/mol. The van der Waals surface area contributed by atoms with Gasteiger partial charge in [-0.15, -0.1) is 0 Å². The Morgan fingerprint density at radius 2 is 1.94 bits per heavy atom. The summed E-state index contributed by atoms with van der Waals surface area (Å²) < 4.78 is 5.51. The van der Waals surface area contributed by atoms with Crippen molar-refractivity contribution in [2.75, 3.05) is 0 Å². The van der Waals surface area contributed by atoms with E-state index in [4.69, 9.17) is 10.2 Å². The number of rotatable bonds is 7. The maximum Gasteiger partial charge on any atom is 0.287 e. The summed E-state index contributed by atoms with van der Waals surface area (Å²) in [7, 11) is 0. The number of carbonyl (C=O) groups is 3. The second kappa shape index (κ2) is 8.27. The van der Waals surface area contributed by atoms with Gasteiger partial charge in [-0.05, 0) is 25.1 Å². The average molecular weight is 416 g/mol. The quantitative estimate of drug-likeness (QED) is 0.399. The lowest BCUT2D eigenvalue weighted by Crippen LogP contribution is -2.47. The molecule has 0 radical (unpaired) electrons. The van der Waals surface area contributed by atoms with Crippen molar-refractivity contribution in [1.29, 1.82) is 0 Å². The first-order valence-corrected chi connectivity index (χ1v) is 9.64. The van der Waals surface area contributed by atoms with Crippen LogP contribution in [-0.2, 0) is 16.0 Å². The Hall–Kier alpha value is -4.20. The van der Waals surface area contributed by atoms with Gasteiger partial charge in [0.2, 0.25) is 5.78 Å². The van der Waals surface area contributed by atoms with Crippen LogP contribution in [0, 0.1) is 6.92 Å². The van der Waals surface area contributed by atoms with Gasteiger partial charge in [0.1, 0.15) is 11.6 Å². The number of aromatic amines is 1. The number of nitrogens with zero attached hydrogens (tertiary/aromatic N) is 1. The van der Waals surface area contributed by atoms with E-state index in [0.717, 1.165) is 11.1 Å². The molecule has 0 aliphatic carbocycles. The summed E-state index contributed by atoms with van der Waals surface area (Å²) in [4.78, 5) is 44.5. The molecule has 0 saturated carbocycles. The zero-order valence-electron chi connectivity index (χ0n) is 16.7. The molecule has 156 valence electrons. The minimum atomic E-state index is -1.14. The van der Waals surface area contributed by atoms with Crippen molar-refractivity contribution in [1.82, 2.24) is 15.3 Å². The van der Waals surface area contributed by atoms with E-state index in [1.54, 1.807) is 30.6 Å². The van der Waals surface area contributed by atoms with Crippen LogP contribution in [0.2, 0.25) is 0 Å². The molecule has 8 nitrogen and oxygen atoms in total. The predicted molar refractivity (Wildman–Crippen MR) is 114 cm³/mol. The van der Waals surface area contributed by atoms with E-state index in [0.29, 0.717) is 28.0 Å². The van der Waals surface area contributed by atoms with E-state index in [2.05, 4.69) is 15.3 Å². The summed E-state index contributed by atoms with van der Waals surface area (Å²) in [5.74, 6) is -2.52. The number of benzene rings is 1. The average Bonchev–Trinajstić information content (AvgIpc) is 3.37. The van der Waals surface area contributed by atoms with Gasteiger partial charge in [-0.1, -0.05) is 24.3 Å². The highest BCUT2D eigenvalue weighted by Gasteiger charge is 2.28. The van der Waals surface area contributed by atoms with Gasteiger partial charge in [0.25, 0.3) is 11.8 Å². The van der Waals surface area contributed by atoms with Gasteiger partial charge >= 0.3 is 0 Å². The molecule has 3 heterocycles. The fourth-order valence-corrected chi connectivity index (χ4v) is 3.57. The second-order valence-electron chi connectivity index (χ2n) is 7.13. The number of nitrogens with one attached hydrogen (secondary N) is 2. The third kappa shape index (κ3) is 3.95. The van der Waals surface area contributed by atoms with E-state index in [-0.39, 0.29) is 6.42 Å². The predicted octanol–water partition coefficient (Wildman–Crippen LogP) is 2.53. The summed E-state index contributed by atoms with van der Waals surface area (Å²) in [6.45, 7) is 1.82. The molecule has 0 spiro atoms. The standard InChI is InChI=1S/C23H20N4O4/c1-13-20(17-7-4-5-9-25-17)16(11-26-13)23(30)27-18(21(28)22(24)29)10-14-12-31-19-8-3-2-6-15(14)19/h2-9,11-12,18,26H,10H2,1H3,(H2,24,29)(H,27,30). The first-order chi connectivity index (χ1) is 15.0. The van der Waals surface area contributed by atoms with Gasteiger partial charge in [0.05, 0.1) is 17.5 Å². The maximum atomic E-state index is 13.1. The summed E-state index contributed by atoms with van der Waals surface area (Å²) in [6.07, 6.45) is 4.76. The zero-order chi connectivity index (χ0) is 22.0. The Bertz CT molecular complexity index is 1270. The number of primary amides is 1. The van der Waals surface area contributed by atoms with Crippen molar-refractivity contribution in [3.63, 3.8) is 0 Å². The van der Waals surface area contributed by atoms with E-state index in [9.17, 15) is 14.4 Å². The van der Waals surface area contributed by atoms with Crippen LogP contribution < -0.4 is 11.1 Å². The van der Waals surface area contributed by atoms with Crippen LogP contribution in [0.3, 0.4) is 0 Å². The first-order valence-electron chi connectivity index (χ1n) is 9.64. The van der Waals surface area contributed by atoms with Gasteiger partial charge in [-0.2, -0.15) is 0 Å². The fraction of sp³-hybridized carbons (Fsp3) is 0.130. The summed E-state index contributed by atoms with van der Waals surface area (Å²) >= 11 is 0. The molecule has 4 N–H and O–H groups in total. The number of fused-ring (bicyclic) bond motifs is 1. The van der Waals surface area contributed by atoms with Crippen LogP contribution in [-0.4, -0.2) is 33.6 Å². The molecule has 1 atom stereocenters. The van der Waals surface area contributed by atoms with E-state index in [1.165, 1.54) is 6.26 Å². The number of hydrogen-bond acceptors (Lipinski definition) is 5. The third-order valence-electron chi connectivity index (χ3n) is 5.09. The van der Waals surface area contributed by atoms with E-state index < -0.39 is 23.6 Å². The van der Waals surface area contributed by atoms with E-state index in [1.807, 2.05) is 31.2 Å². The number of carbonyl (C=O) groups excluding carboxylic acids is 3. The highest BCUT2D eigenvalue weighted by atomic mass is 16.3. The topological polar surface area (TPSA) is 131 Å². The summed E-state index contributed by atoms with van der Waals surface area (Å²) in [6, 6.07) is 11.6. The molecule has 4 rings (SSSR count). The number of aromatic nitrogens is 2. The smallest absolute Gasteiger partial charge is 0.287 e. The first kappa shape index (κ1) is 20.1. The molecule has 4 aromatic rings. The Kier molecular flexibility index (Phi) is 5.36. The van der Waals surface area contributed by atoms with Crippen LogP contribution in [0.25, 0.3) is 22.2 Å². The Morgan fingerprint density at radius 1 is 1.16 bits per heavy atom. The molecule has 0 bridgehead atoms. The number of aryl methyl sites for hydroxylation is 1. The second-order valence-corrected chi connectivity index (χ2v) is 7.13. The van der Waals surface area contributed by atoms with E-state index >= 15 is 0 Å². The number of ketones is 1. The molecule has 31 heavy (non-hydrogen) atoms. The molecule has 0 aliphatic rings. The number of amides is 2. The zero-order valence-corrected chi connectivity index (χ0v) is 16.7. The molecule has 1 unspecified atom stereocenters. The Balaban J connectivity index is 1.65. The van der Waals surface area contributed by atoms with Crippen molar-refractivity contribution in [3.05, 3.63) is 77.9 Å². The number of pyridine rings is 1. The molecule has 1 aromatic carbocycles. The molecule has 0 saturated heterocycles. The van der Waals surface area contributed by atoms with Gasteiger partial charge in [0.15, 0.2) is 0 Å². The maximum absolute atomic E-state index is 13.1. The Morgan fingerprint density at radius 3 is 2.68 bits per heavy atom. The lowest BCUT2D eigenvalue weighted by Gasteiger charge is -2.16. The van der Waals surface area contributed by atoms with Crippen molar-refractivity contribution >= 4 is 28.6 Å². The molecule has 2 amide bonds. The lowest BCUT2D eigenvalue weighted by molar-refractivity contribution is -0.137. The van der Waals surface area contributed by atoms with Crippen molar-refractivity contribution in [2.24, 2.45) is 5.73 Å². The van der Waals surface area contributed by atoms with Gasteiger partial charge < -0.3 is 20.5 Å². The van der Waals surface area contributed by atoms with Crippen molar-refractivity contribution < 1.29 is 18.8 Å². The molecule has 0 aliphatic heterocycles. The minimum Gasteiger partial charge on any atom is -0.464 e. The lowest BCUT2D eigenvalue weighted by atomic mass is 10.00. The number of furan rings is 1. The largest absolute Gasteiger partial charge is 0.464 e. The molecule has 8 heteroatoms. The minimum absolute atomic E-state index is 0.0624. The number of nitrogens with two attached hydrogens (primary N) is 1. The van der Waals surface area contributed by atoms with Crippen LogP contribution in [0.5, 0.6) is 0 Å². The van der Waals surface area contributed by atoms with Crippen LogP contribution in [0.15, 0.2) is 65.5 Å². The molecule has 3 aromatic heterocycles. The van der Waals surface area contributed by atoms with Crippen LogP contribution in [0.4, 0.5) is 0 Å². The SMILES string of the molecule is Cc1[nH]cc(C(=O)NC(Cc2coc3ccccc23)C(=O)C(N)=O)c1-c1ccccn1. The van der Waals surface area contributed by atoms with Crippen molar-refractivity contribution in [2.45, 2.75) is 19.4 Å². The van der Waals surface area contributed by atoms with Crippen LogP contribution >= 0.6 is 0 Å². The molecular formula is C23H20N4O4. The highest BCUT2D eigenvalue weighted by Crippen LogP contribution is 2.26. The Labute approximate surface area is 177 Å². The number of H-pyrrole nitrogens is 1. The van der Waals surface area contributed by atoms with Gasteiger partial charge in [-0.3, -0.25) is 19.4 Å². The normalized spacial score (nSPS) is 11.9. The fourth-order valence-electron chi connectivity index (χ4n) is 3.57. The number of para-hydroxylation sites is 1. The molecule has 0 fully saturated rings. The number of hydrogen-bond donors (Lipinski definition) is 3. The third-order valence-corrected chi connectivity index (χ3v) is 5.09. The molecular weight excluding hydrogens is 396 g/mol. The summed E-state index contributed by atoms with van der Waals surface area (Å²) in [5, 5.41) is 3.46. The van der Waals surface area contributed by atoms with Crippen molar-refractivity contribution in [3.8, 4) is 11.3 Å². The van der Waals surface area contributed by atoms with Gasteiger partial charge in [0, 0.05) is 41.0 Å². The number of Topliss-reactive ketones (excluding diaryl/α,β-unsaturated/α-hetero) is 1.